The number of anilines is 3. The van der Waals surface area contributed by atoms with E-state index in [-0.39, 0.29) is 0 Å². The first-order valence-electron chi connectivity index (χ1n) is 7.67. The molecule has 0 saturated carbocycles. The Morgan fingerprint density at radius 2 is 1.82 bits per heavy atom. The number of nitrogen functional groups attached to an aromatic ring is 1. The smallest absolute Gasteiger partial charge is 0.157 e. The number of nitrogens with one attached hydrogen (secondary N) is 1. The van der Waals surface area contributed by atoms with E-state index in [1.807, 2.05) is 0 Å². The van der Waals surface area contributed by atoms with Gasteiger partial charge in [0, 0.05) is 33.9 Å². The van der Waals surface area contributed by atoms with Crippen LogP contribution in [0.5, 0.6) is 0 Å². The lowest BCUT2D eigenvalue weighted by atomic mass is 10.1. The van der Waals surface area contributed by atoms with Crippen molar-refractivity contribution in [2.75, 3.05) is 63.0 Å². The normalized spacial score (nSPS) is 11.0. The van der Waals surface area contributed by atoms with Crippen LogP contribution in [-0.2, 0) is 9.47 Å². The van der Waals surface area contributed by atoms with E-state index in [0.717, 1.165) is 18.8 Å². The summed E-state index contributed by atoms with van der Waals surface area (Å²) in [5, 5.41) is 3.29. The van der Waals surface area contributed by atoms with Crippen molar-refractivity contribution in [3.8, 4) is 0 Å². The lowest BCUT2D eigenvalue weighted by Gasteiger charge is -2.25. The number of nitrogens with two attached hydrogens (primary N) is 1. The lowest BCUT2D eigenvalue weighted by Crippen LogP contribution is -2.32. The van der Waals surface area contributed by atoms with E-state index in [0.29, 0.717) is 43.7 Å². The van der Waals surface area contributed by atoms with Gasteiger partial charge in [0.25, 0.3) is 0 Å². The molecule has 0 radical (unpaired) electrons. The van der Waals surface area contributed by atoms with Crippen molar-refractivity contribution in [1.82, 2.24) is 9.97 Å². The minimum atomic E-state index is 0.568. The monoisotopic (exact) mass is 311 g/mol. The SMILES string of the molecule is COCCN(CCOC)c1ncnc(NCCC(C)C)c1N. The fourth-order valence-corrected chi connectivity index (χ4v) is 1.98. The Bertz CT molecular complexity index is 420. The number of rotatable bonds is 11. The second-order valence-electron chi connectivity index (χ2n) is 5.54. The standard InChI is InChI=1S/C15H29N5O2/c1-12(2)5-6-17-14-13(16)15(19-11-18-14)20(7-9-21-3)8-10-22-4/h11-12H,5-10,16H2,1-4H3,(H,17,18,19). The topological polar surface area (TPSA) is 85.5 Å². The van der Waals surface area contributed by atoms with E-state index in [4.69, 9.17) is 15.2 Å². The van der Waals surface area contributed by atoms with Gasteiger partial charge in [-0.2, -0.15) is 0 Å². The maximum atomic E-state index is 6.23. The highest BCUT2D eigenvalue weighted by atomic mass is 16.5. The van der Waals surface area contributed by atoms with Gasteiger partial charge in [0.2, 0.25) is 0 Å². The second-order valence-corrected chi connectivity index (χ2v) is 5.54. The molecule has 1 rings (SSSR count). The van der Waals surface area contributed by atoms with Crippen molar-refractivity contribution in [3.05, 3.63) is 6.33 Å². The third-order valence-corrected chi connectivity index (χ3v) is 3.31. The predicted molar refractivity (Wildman–Crippen MR) is 90.4 cm³/mol. The van der Waals surface area contributed by atoms with Gasteiger partial charge in [-0.15, -0.1) is 0 Å². The van der Waals surface area contributed by atoms with E-state index in [9.17, 15) is 0 Å². The molecule has 3 N–H and O–H groups in total. The van der Waals surface area contributed by atoms with Crippen LogP contribution in [0.15, 0.2) is 6.33 Å². The number of ether oxygens (including phenoxy) is 2. The van der Waals surface area contributed by atoms with E-state index < -0.39 is 0 Å². The lowest BCUT2D eigenvalue weighted by molar-refractivity contribution is 0.190. The molecule has 7 heteroatoms. The van der Waals surface area contributed by atoms with Gasteiger partial charge in [-0.3, -0.25) is 0 Å². The molecule has 126 valence electrons. The average molecular weight is 311 g/mol. The molecule has 0 saturated heterocycles. The van der Waals surface area contributed by atoms with Gasteiger partial charge in [-0.05, 0) is 12.3 Å². The summed E-state index contributed by atoms with van der Waals surface area (Å²) in [6, 6.07) is 0. The molecule has 7 nitrogen and oxygen atoms in total. The fourth-order valence-electron chi connectivity index (χ4n) is 1.98. The van der Waals surface area contributed by atoms with Crippen molar-refractivity contribution >= 4 is 17.3 Å². The highest BCUT2D eigenvalue weighted by Crippen LogP contribution is 2.26. The molecule has 0 fully saturated rings. The summed E-state index contributed by atoms with van der Waals surface area (Å²) in [6.07, 6.45) is 2.60. The summed E-state index contributed by atoms with van der Waals surface area (Å²) < 4.78 is 10.3. The molecule has 0 aliphatic carbocycles. The molecule has 0 aromatic carbocycles. The Morgan fingerprint density at radius 3 is 2.36 bits per heavy atom. The van der Waals surface area contributed by atoms with Crippen LogP contribution in [0.1, 0.15) is 20.3 Å². The quantitative estimate of drug-likeness (QED) is 0.642. The molecule has 1 aromatic rings. The van der Waals surface area contributed by atoms with Crippen LogP contribution in [0.3, 0.4) is 0 Å². The molecule has 1 heterocycles. The number of hydrogen-bond acceptors (Lipinski definition) is 7. The van der Waals surface area contributed by atoms with E-state index in [2.05, 4.69) is 34.0 Å². The van der Waals surface area contributed by atoms with Crippen molar-refractivity contribution < 1.29 is 9.47 Å². The summed E-state index contributed by atoms with van der Waals surface area (Å²) >= 11 is 0. The third-order valence-electron chi connectivity index (χ3n) is 3.31. The minimum absolute atomic E-state index is 0.568. The first-order valence-corrected chi connectivity index (χ1v) is 7.67. The summed E-state index contributed by atoms with van der Waals surface area (Å²) in [5.74, 6) is 2.04. The Morgan fingerprint density at radius 1 is 1.18 bits per heavy atom. The Balaban J connectivity index is 2.81. The molecule has 0 aliphatic rings. The Labute approximate surface area is 133 Å². The zero-order chi connectivity index (χ0) is 16.4. The van der Waals surface area contributed by atoms with Gasteiger partial charge < -0.3 is 25.4 Å². The second kappa shape index (κ2) is 10.2. The number of aromatic nitrogens is 2. The number of hydrogen-bond donors (Lipinski definition) is 2. The van der Waals surface area contributed by atoms with Gasteiger partial charge in [0.05, 0.1) is 13.2 Å². The minimum Gasteiger partial charge on any atom is -0.393 e. The molecule has 0 amide bonds. The van der Waals surface area contributed by atoms with Crippen LogP contribution in [0, 0.1) is 5.92 Å². The molecule has 0 unspecified atom stereocenters. The van der Waals surface area contributed by atoms with Gasteiger partial charge in [-0.1, -0.05) is 13.8 Å². The fraction of sp³-hybridized carbons (Fsp3) is 0.733. The summed E-state index contributed by atoms with van der Waals surface area (Å²) in [6.45, 7) is 7.82. The highest BCUT2D eigenvalue weighted by molar-refractivity contribution is 5.74. The summed E-state index contributed by atoms with van der Waals surface area (Å²) in [7, 11) is 3.35. The third kappa shape index (κ3) is 6.03. The average Bonchev–Trinajstić information content (AvgIpc) is 2.49. The van der Waals surface area contributed by atoms with Crippen LogP contribution in [-0.4, -0.2) is 57.0 Å². The largest absolute Gasteiger partial charge is 0.393 e. The molecule has 22 heavy (non-hydrogen) atoms. The first-order chi connectivity index (χ1) is 10.6. The first kappa shape index (κ1) is 18.4. The Kier molecular flexibility index (Phi) is 8.54. The van der Waals surface area contributed by atoms with Crippen LogP contribution < -0.4 is 16.0 Å². The van der Waals surface area contributed by atoms with Gasteiger partial charge >= 0.3 is 0 Å². The predicted octanol–water partition coefficient (Wildman–Crippen LogP) is 1.62. The maximum Gasteiger partial charge on any atom is 0.157 e. The van der Waals surface area contributed by atoms with Gasteiger partial charge in [-0.25, -0.2) is 9.97 Å². The molecule has 0 atom stereocenters. The highest BCUT2D eigenvalue weighted by Gasteiger charge is 2.15. The van der Waals surface area contributed by atoms with Crippen LogP contribution in [0.25, 0.3) is 0 Å². The van der Waals surface area contributed by atoms with Crippen molar-refractivity contribution in [3.63, 3.8) is 0 Å². The van der Waals surface area contributed by atoms with Crippen molar-refractivity contribution in [1.29, 1.82) is 0 Å². The molecule has 0 bridgehead atoms. The van der Waals surface area contributed by atoms with Crippen LogP contribution in [0.4, 0.5) is 17.3 Å². The molecule has 0 aliphatic heterocycles. The maximum absolute atomic E-state index is 6.23. The van der Waals surface area contributed by atoms with Gasteiger partial charge in [0.15, 0.2) is 11.6 Å². The Hall–Kier alpha value is -1.60. The molecular formula is C15H29N5O2. The van der Waals surface area contributed by atoms with Crippen molar-refractivity contribution in [2.24, 2.45) is 5.92 Å². The molecule has 0 spiro atoms. The number of nitrogens with zero attached hydrogens (tertiary/aromatic N) is 3. The van der Waals surface area contributed by atoms with E-state index >= 15 is 0 Å². The van der Waals surface area contributed by atoms with Crippen LogP contribution in [0.2, 0.25) is 0 Å². The molecule has 1 aromatic heterocycles. The zero-order valence-corrected chi connectivity index (χ0v) is 14.1. The molecular weight excluding hydrogens is 282 g/mol. The van der Waals surface area contributed by atoms with Crippen LogP contribution >= 0.6 is 0 Å². The summed E-state index contributed by atoms with van der Waals surface area (Å²) in [4.78, 5) is 10.6. The summed E-state index contributed by atoms with van der Waals surface area (Å²) in [5.41, 5.74) is 6.80. The van der Waals surface area contributed by atoms with Gasteiger partial charge in [0.1, 0.15) is 12.0 Å². The van der Waals surface area contributed by atoms with Crippen molar-refractivity contribution in [2.45, 2.75) is 20.3 Å². The number of methoxy groups -OCH3 is 2. The zero-order valence-electron chi connectivity index (χ0n) is 14.1. The van der Waals surface area contributed by atoms with E-state index in [1.165, 1.54) is 6.33 Å². The van der Waals surface area contributed by atoms with E-state index in [1.54, 1.807) is 14.2 Å².